The van der Waals surface area contributed by atoms with Gasteiger partial charge in [-0.15, -0.1) is 0 Å². The molecular formula is C16H11NO. The third-order valence-electron chi connectivity index (χ3n) is 3.63. The fourth-order valence-corrected chi connectivity index (χ4v) is 2.80. The Labute approximate surface area is 105 Å². The van der Waals surface area contributed by atoms with E-state index in [4.69, 9.17) is 0 Å². The number of hydrogen-bond acceptors (Lipinski definition) is 2. The zero-order valence-corrected chi connectivity index (χ0v) is 9.72. The molecule has 86 valence electrons. The van der Waals surface area contributed by atoms with Gasteiger partial charge in [-0.3, -0.25) is 4.98 Å². The lowest BCUT2D eigenvalue weighted by Gasteiger charge is -2.04. The third kappa shape index (κ3) is 1.20. The van der Waals surface area contributed by atoms with E-state index in [1.807, 2.05) is 24.4 Å². The van der Waals surface area contributed by atoms with Gasteiger partial charge in [0.25, 0.3) is 0 Å². The smallest absolute Gasteiger partial charge is 0.116 e. The fraction of sp³-hybridized carbons (Fsp3) is 0.0625. The molecule has 0 amide bonds. The van der Waals surface area contributed by atoms with Gasteiger partial charge in [-0.1, -0.05) is 24.3 Å². The average molecular weight is 233 g/mol. The van der Waals surface area contributed by atoms with E-state index in [0.29, 0.717) is 5.75 Å². The van der Waals surface area contributed by atoms with Gasteiger partial charge in [-0.25, -0.2) is 0 Å². The summed E-state index contributed by atoms with van der Waals surface area (Å²) in [6, 6.07) is 13.9. The molecule has 0 saturated heterocycles. The first-order chi connectivity index (χ1) is 8.83. The van der Waals surface area contributed by atoms with Crippen molar-refractivity contribution in [2.45, 2.75) is 6.42 Å². The predicted octanol–water partition coefficient (Wildman–Crippen LogP) is 3.51. The maximum absolute atomic E-state index is 9.62. The molecule has 18 heavy (non-hydrogen) atoms. The number of hydrogen-bond donors (Lipinski definition) is 1. The number of aromatic hydroxyl groups is 1. The molecule has 1 aliphatic rings. The third-order valence-corrected chi connectivity index (χ3v) is 3.63. The molecule has 1 aliphatic carbocycles. The Morgan fingerprint density at radius 2 is 1.94 bits per heavy atom. The molecule has 0 unspecified atom stereocenters. The summed E-state index contributed by atoms with van der Waals surface area (Å²) in [4.78, 5) is 4.50. The molecule has 3 aromatic rings. The molecule has 1 N–H and O–H groups in total. The number of fused-ring (bicyclic) bond motifs is 5. The lowest BCUT2D eigenvalue weighted by molar-refractivity contribution is 0.475. The number of aromatic nitrogens is 1. The van der Waals surface area contributed by atoms with Gasteiger partial charge in [-0.2, -0.15) is 0 Å². The summed E-state index contributed by atoms with van der Waals surface area (Å²) in [6.45, 7) is 0. The summed E-state index contributed by atoms with van der Waals surface area (Å²) >= 11 is 0. The van der Waals surface area contributed by atoms with E-state index in [9.17, 15) is 5.11 Å². The van der Waals surface area contributed by atoms with Crippen molar-refractivity contribution >= 4 is 10.9 Å². The van der Waals surface area contributed by atoms with Crippen LogP contribution in [0.5, 0.6) is 5.75 Å². The maximum Gasteiger partial charge on any atom is 0.116 e. The molecule has 0 fully saturated rings. The van der Waals surface area contributed by atoms with Crippen LogP contribution in [0.15, 0.2) is 48.7 Å². The van der Waals surface area contributed by atoms with Crippen LogP contribution >= 0.6 is 0 Å². The van der Waals surface area contributed by atoms with Crippen LogP contribution in [-0.4, -0.2) is 10.1 Å². The molecule has 2 aromatic carbocycles. The van der Waals surface area contributed by atoms with Crippen LogP contribution < -0.4 is 0 Å². The number of rotatable bonds is 0. The van der Waals surface area contributed by atoms with Crippen molar-refractivity contribution in [1.82, 2.24) is 4.98 Å². The quantitative estimate of drug-likeness (QED) is 0.504. The first kappa shape index (κ1) is 9.66. The molecule has 0 radical (unpaired) electrons. The Bertz CT molecular complexity index is 777. The number of benzene rings is 2. The van der Waals surface area contributed by atoms with E-state index in [1.54, 1.807) is 6.07 Å². The maximum atomic E-state index is 9.62. The molecule has 0 aliphatic heterocycles. The molecule has 2 nitrogen and oxygen atoms in total. The van der Waals surface area contributed by atoms with E-state index in [2.05, 4.69) is 23.2 Å². The van der Waals surface area contributed by atoms with Crippen molar-refractivity contribution < 1.29 is 5.11 Å². The van der Waals surface area contributed by atoms with Crippen LogP contribution in [0, 0.1) is 0 Å². The second kappa shape index (κ2) is 3.33. The van der Waals surface area contributed by atoms with Gasteiger partial charge in [-0.05, 0) is 40.5 Å². The SMILES string of the molecule is Oc1ccc2c(c1)-c1ccc3cccnc3c1C2. The highest BCUT2D eigenvalue weighted by molar-refractivity contribution is 5.92. The number of phenols is 1. The Hall–Kier alpha value is -2.35. The van der Waals surface area contributed by atoms with Crippen molar-refractivity contribution in [2.75, 3.05) is 0 Å². The molecule has 1 aromatic heterocycles. The van der Waals surface area contributed by atoms with Crippen molar-refractivity contribution in [3.05, 3.63) is 59.8 Å². The normalized spacial score (nSPS) is 12.4. The number of pyridine rings is 1. The molecule has 1 heterocycles. The molecular weight excluding hydrogens is 222 g/mol. The van der Waals surface area contributed by atoms with Gasteiger partial charge in [0, 0.05) is 18.0 Å². The summed E-state index contributed by atoms with van der Waals surface area (Å²) in [5.74, 6) is 0.322. The summed E-state index contributed by atoms with van der Waals surface area (Å²) in [6.07, 6.45) is 2.74. The summed E-state index contributed by atoms with van der Waals surface area (Å²) < 4.78 is 0. The molecule has 4 rings (SSSR count). The van der Waals surface area contributed by atoms with Gasteiger partial charge in [0.15, 0.2) is 0 Å². The van der Waals surface area contributed by atoms with Gasteiger partial charge in [0.2, 0.25) is 0 Å². The van der Waals surface area contributed by atoms with E-state index in [-0.39, 0.29) is 0 Å². The fourth-order valence-electron chi connectivity index (χ4n) is 2.80. The highest BCUT2D eigenvalue weighted by atomic mass is 16.3. The van der Waals surface area contributed by atoms with Crippen LogP contribution in [-0.2, 0) is 6.42 Å². The Balaban J connectivity index is 2.08. The van der Waals surface area contributed by atoms with E-state index in [0.717, 1.165) is 17.5 Å². The Morgan fingerprint density at radius 1 is 1.00 bits per heavy atom. The highest BCUT2D eigenvalue weighted by Crippen LogP contribution is 2.40. The zero-order valence-electron chi connectivity index (χ0n) is 9.72. The van der Waals surface area contributed by atoms with Crippen LogP contribution in [0.4, 0.5) is 0 Å². The van der Waals surface area contributed by atoms with Crippen molar-refractivity contribution in [1.29, 1.82) is 0 Å². The van der Waals surface area contributed by atoms with Gasteiger partial charge >= 0.3 is 0 Å². The lowest BCUT2D eigenvalue weighted by atomic mass is 10.0. The molecule has 0 saturated carbocycles. The van der Waals surface area contributed by atoms with Gasteiger partial charge in [0.05, 0.1) is 5.52 Å². The first-order valence-electron chi connectivity index (χ1n) is 6.02. The average Bonchev–Trinajstić information content (AvgIpc) is 2.77. The molecule has 0 atom stereocenters. The van der Waals surface area contributed by atoms with Crippen LogP contribution in [0.25, 0.3) is 22.0 Å². The lowest BCUT2D eigenvalue weighted by Crippen LogP contribution is -1.86. The minimum atomic E-state index is 0.322. The minimum Gasteiger partial charge on any atom is -0.508 e. The molecule has 0 spiro atoms. The number of phenolic OH excluding ortho intramolecular Hbond substituents is 1. The standard InChI is InChI=1S/C16H11NO/c18-12-5-3-11-8-15-13(14(11)9-12)6-4-10-2-1-7-17-16(10)15/h1-7,9,18H,8H2. The monoisotopic (exact) mass is 233 g/mol. The zero-order chi connectivity index (χ0) is 12.1. The second-order valence-electron chi connectivity index (χ2n) is 4.69. The van der Waals surface area contributed by atoms with E-state index < -0.39 is 0 Å². The van der Waals surface area contributed by atoms with Crippen LogP contribution in [0.2, 0.25) is 0 Å². The van der Waals surface area contributed by atoms with Crippen molar-refractivity contribution in [3.63, 3.8) is 0 Å². The summed E-state index contributed by atoms with van der Waals surface area (Å²) in [5.41, 5.74) is 5.95. The van der Waals surface area contributed by atoms with Crippen LogP contribution in [0.3, 0.4) is 0 Å². The Morgan fingerprint density at radius 3 is 2.89 bits per heavy atom. The van der Waals surface area contributed by atoms with Crippen molar-refractivity contribution in [3.8, 4) is 16.9 Å². The first-order valence-corrected chi connectivity index (χ1v) is 6.02. The Kier molecular flexibility index (Phi) is 1.78. The predicted molar refractivity (Wildman–Crippen MR) is 71.6 cm³/mol. The highest BCUT2D eigenvalue weighted by Gasteiger charge is 2.21. The van der Waals surface area contributed by atoms with E-state index >= 15 is 0 Å². The van der Waals surface area contributed by atoms with E-state index in [1.165, 1.54) is 22.1 Å². The van der Waals surface area contributed by atoms with Crippen molar-refractivity contribution in [2.24, 2.45) is 0 Å². The van der Waals surface area contributed by atoms with Gasteiger partial charge in [0.1, 0.15) is 5.75 Å². The molecule has 0 bridgehead atoms. The largest absolute Gasteiger partial charge is 0.508 e. The minimum absolute atomic E-state index is 0.322. The van der Waals surface area contributed by atoms with Gasteiger partial charge < -0.3 is 5.11 Å². The molecule has 2 heteroatoms. The topological polar surface area (TPSA) is 33.1 Å². The summed E-state index contributed by atoms with van der Waals surface area (Å²) in [7, 11) is 0. The number of nitrogens with zero attached hydrogens (tertiary/aromatic N) is 1. The summed E-state index contributed by atoms with van der Waals surface area (Å²) in [5, 5.41) is 10.8. The van der Waals surface area contributed by atoms with Crippen LogP contribution in [0.1, 0.15) is 11.1 Å². The second-order valence-corrected chi connectivity index (χ2v) is 4.69.